The molecular formula is C32H42N2O7. The fourth-order valence-electron chi connectivity index (χ4n) is 6.11. The van der Waals surface area contributed by atoms with E-state index >= 15 is 0 Å². The maximum Gasteiger partial charge on any atom is 0.309 e. The van der Waals surface area contributed by atoms with Crippen LogP contribution in [0, 0.1) is 23.7 Å². The number of ether oxygens (including phenoxy) is 4. The van der Waals surface area contributed by atoms with E-state index in [9.17, 15) is 15.0 Å². The van der Waals surface area contributed by atoms with Crippen LogP contribution in [0.4, 0.5) is 0 Å². The van der Waals surface area contributed by atoms with E-state index in [1.165, 1.54) is 22.3 Å². The van der Waals surface area contributed by atoms with Gasteiger partial charge < -0.3 is 29.2 Å². The number of allylic oxidation sites excluding steroid dienone is 2. The topological polar surface area (TPSA) is 103 Å². The second-order valence-electron chi connectivity index (χ2n) is 11.3. The normalized spacial score (nSPS) is 23.7. The van der Waals surface area contributed by atoms with Crippen LogP contribution in [0.1, 0.15) is 39.2 Å². The summed E-state index contributed by atoms with van der Waals surface area (Å²) >= 11 is 0. The van der Waals surface area contributed by atoms with E-state index < -0.39 is 0 Å². The lowest BCUT2D eigenvalue weighted by atomic mass is 9.81. The van der Waals surface area contributed by atoms with Gasteiger partial charge in [0.2, 0.25) is 0 Å². The lowest BCUT2D eigenvalue weighted by Gasteiger charge is -2.37. The smallest absolute Gasteiger partial charge is 0.309 e. The number of carbonyl (C=O) groups excluding carboxylic acids is 1. The van der Waals surface area contributed by atoms with Crippen molar-refractivity contribution >= 4 is 5.97 Å². The van der Waals surface area contributed by atoms with E-state index in [-0.39, 0.29) is 42.2 Å². The van der Waals surface area contributed by atoms with Crippen LogP contribution in [0.5, 0.6) is 23.3 Å². The second-order valence-corrected chi connectivity index (χ2v) is 11.3. The molecule has 2 aromatic rings. The molecule has 0 spiro atoms. The molecule has 9 nitrogen and oxygen atoms in total. The summed E-state index contributed by atoms with van der Waals surface area (Å²) < 4.78 is 24.1. The fourth-order valence-corrected chi connectivity index (χ4v) is 6.11. The van der Waals surface area contributed by atoms with Crippen LogP contribution in [0.25, 0.3) is 0 Å². The molecule has 1 saturated carbocycles. The zero-order valence-corrected chi connectivity index (χ0v) is 24.4. The molecule has 0 radical (unpaired) electrons. The zero-order valence-electron chi connectivity index (χ0n) is 24.4. The fraction of sp³-hybridized carbons (Fsp3) is 0.531. The van der Waals surface area contributed by atoms with Gasteiger partial charge >= 0.3 is 5.97 Å². The first-order chi connectivity index (χ1) is 19.8. The highest BCUT2D eigenvalue weighted by Crippen LogP contribution is 2.43. The van der Waals surface area contributed by atoms with Crippen LogP contribution in [-0.2, 0) is 27.4 Å². The molecule has 0 amide bonds. The number of nitrogens with zero attached hydrogens (tertiary/aromatic N) is 2. The minimum absolute atomic E-state index is 0.0152. The predicted octanol–water partition coefficient (Wildman–Crippen LogP) is 4.87. The van der Waals surface area contributed by atoms with E-state index in [2.05, 4.69) is 30.9 Å². The van der Waals surface area contributed by atoms with Crippen LogP contribution < -0.4 is 9.47 Å². The monoisotopic (exact) mass is 566 g/mol. The number of fused-ring (bicyclic) bond motifs is 1. The van der Waals surface area contributed by atoms with E-state index in [4.69, 9.17) is 18.9 Å². The number of aromatic hydroxyl groups is 2. The maximum absolute atomic E-state index is 12.4. The minimum Gasteiger partial charge on any atom is -0.494 e. The van der Waals surface area contributed by atoms with Crippen molar-refractivity contribution in [3.05, 3.63) is 59.4 Å². The summed E-state index contributed by atoms with van der Waals surface area (Å²) in [6.07, 6.45) is 6.49. The van der Waals surface area contributed by atoms with Crippen molar-refractivity contribution in [1.29, 1.82) is 0 Å². The van der Waals surface area contributed by atoms with Crippen molar-refractivity contribution < 1.29 is 34.0 Å². The van der Waals surface area contributed by atoms with Gasteiger partial charge in [-0.15, -0.1) is 0 Å². The van der Waals surface area contributed by atoms with E-state index in [1.807, 2.05) is 25.1 Å². The lowest BCUT2D eigenvalue weighted by molar-refractivity contribution is -0.145. The molecule has 5 rings (SSSR count). The highest BCUT2D eigenvalue weighted by molar-refractivity contribution is 5.75. The molecule has 2 fully saturated rings. The molecule has 5 atom stereocenters. The highest BCUT2D eigenvalue weighted by atomic mass is 16.5. The van der Waals surface area contributed by atoms with Crippen LogP contribution in [-0.4, -0.2) is 65.2 Å². The van der Waals surface area contributed by atoms with E-state index in [0.29, 0.717) is 43.0 Å². The largest absolute Gasteiger partial charge is 0.494 e. The Kier molecular flexibility index (Phi) is 8.82. The zero-order chi connectivity index (χ0) is 29.1. The third-order valence-corrected chi connectivity index (χ3v) is 8.60. The number of benzene rings is 1. The van der Waals surface area contributed by atoms with Gasteiger partial charge in [-0.25, -0.2) is 0 Å². The standard InChI is InChI=1S/C32H42N2O7/c1-5-39-32(37)26-17-24(26)19-33(21(3)25-16-23-10-12-40-28(23)14-20(25)2)18-22-6-7-27(29(15-22)38-4)41-13-11-34-30(35)8-9-31(34)36/h6-9,14-16,20-21,24-26,35-36H,5,10-13,17-19H2,1-4H3. The van der Waals surface area contributed by atoms with Crippen molar-refractivity contribution in [3.8, 4) is 23.3 Å². The number of esters is 1. The Labute approximate surface area is 242 Å². The number of aromatic nitrogens is 1. The molecule has 9 heteroatoms. The number of hydrogen-bond donors (Lipinski definition) is 2. The number of rotatable bonds is 13. The van der Waals surface area contributed by atoms with E-state index in [0.717, 1.165) is 37.3 Å². The Morgan fingerprint density at radius 1 is 1.17 bits per heavy atom. The Balaban J connectivity index is 1.30. The molecule has 222 valence electrons. The molecular weight excluding hydrogens is 524 g/mol. The van der Waals surface area contributed by atoms with Crippen molar-refractivity contribution in [2.45, 2.75) is 52.7 Å². The summed E-state index contributed by atoms with van der Waals surface area (Å²) in [7, 11) is 1.62. The summed E-state index contributed by atoms with van der Waals surface area (Å²) in [5.74, 6) is 3.08. The highest BCUT2D eigenvalue weighted by Gasteiger charge is 2.46. The Hall–Kier alpha value is -3.59. The first-order valence-corrected chi connectivity index (χ1v) is 14.6. The third-order valence-electron chi connectivity index (χ3n) is 8.60. The SMILES string of the molecule is CCOC(=O)C1CC1CN(Cc1ccc(OCCn2c(O)ccc2O)c(OC)c1)C(C)C1C=C2CCOC2=CC1C. The van der Waals surface area contributed by atoms with Crippen LogP contribution in [0.2, 0.25) is 0 Å². The van der Waals surface area contributed by atoms with Gasteiger partial charge in [-0.05, 0) is 67.4 Å². The summed E-state index contributed by atoms with van der Waals surface area (Å²) in [5, 5.41) is 19.7. The first kappa shape index (κ1) is 28.9. The number of carbonyl (C=O) groups is 1. The van der Waals surface area contributed by atoms with Crippen molar-refractivity contribution in [3.63, 3.8) is 0 Å². The van der Waals surface area contributed by atoms with Gasteiger partial charge in [-0.1, -0.05) is 19.1 Å². The average Bonchev–Trinajstić information content (AvgIpc) is 3.46. The number of methoxy groups -OCH3 is 1. The predicted molar refractivity (Wildman–Crippen MR) is 154 cm³/mol. The molecule has 1 saturated heterocycles. The number of hydrogen-bond acceptors (Lipinski definition) is 8. The van der Waals surface area contributed by atoms with Crippen molar-refractivity contribution in [2.75, 3.05) is 33.5 Å². The van der Waals surface area contributed by atoms with Gasteiger partial charge in [-0.3, -0.25) is 14.3 Å². The molecule has 3 aliphatic rings. The Morgan fingerprint density at radius 2 is 1.95 bits per heavy atom. The molecule has 5 unspecified atom stereocenters. The van der Waals surface area contributed by atoms with Crippen LogP contribution in [0.15, 0.2) is 53.8 Å². The Bertz CT molecular complexity index is 1280. The molecule has 41 heavy (non-hydrogen) atoms. The van der Waals surface area contributed by atoms with Crippen molar-refractivity contribution in [1.82, 2.24) is 9.47 Å². The van der Waals surface area contributed by atoms with Gasteiger partial charge in [0.05, 0.1) is 32.8 Å². The summed E-state index contributed by atoms with van der Waals surface area (Å²) in [6.45, 7) is 9.61. The van der Waals surface area contributed by atoms with Crippen LogP contribution in [0.3, 0.4) is 0 Å². The summed E-state index contributed by atoms with van der Waals surface area (Å²) in [6, 6.07) is 9.07. The summed E-state index contributed by atoms with van der Waals surface area (Å²) in [5.41, 5.74) is 2.40. The van der Waals surface area contributed by atoms with Crippen molar-refractivity contribution in [2.24, 2.45) is 23.7 Å². The molecule has 1 aromatic carbocycles. The molecule has 2 heterocycles. The molecule has 1 aromatic heterocycles. The van der Waals surface area contributed by atoms with Gasteiger partial charge in [0, 0.05) is 37.7 Å². The Morgan fingerprint density at radius 3 is 2.68 bits per heavy atom. The van der Waals surface area contributed by atoms with E-state index in [1.54, 1.807) is 7.11 Å². The first-order valence-electron chi connectivity index (χ1n) is 14.6. The quantitative estimate of drug-likeness (QED) is 0.331. The van der Waals surface area contributed by atoms with Crippen LogP contribution >= 0.6 is 0 Å². The molecule has 2 aliphatic carbocycles. The van der Waals surface area contributed by atoms with Gasteiger partial charge in [0.25, 0.3) is 0 Å². The molecule has 1 aliphatic heterocycles. The second kappa shape index (κ2) is 12.5. The minimum atomic E-state index is -0.0846. The third kappa shape index (κ3) is 6.50. The van der Waals surface area contributed by atoms with Gasteiger partial charge in [-0.2, -0.15) is 0 Å². The van der Waals surface area contributed by atoms with Gasteiger partial charge in [0.15, 0.2) is 23.3 Å². The maximum atomic E-state index is 12.4. The average molecular weight is 567 g/mol. The lowest BCUT2D eigenvalue weighted by Crippen LogP contribution is -2.41. The molecule has 2 N–H and O–H groups in total. The molecule has 0 bridgehead atoms. The summed E-state index contributed by atoms with van der Waals surface area (Å²) in [4.78, 5) is 14.9. The van der Waals surface area contributed by atoms with Gasteiger partial charge in [0.1, 0.15) is 12.4 Å².